The van der Waals surface area contributed by atoms with E-state index in [1.54, 1.807) is 0 Å². The zero-order valence-corrected chi connectivity index (χ0v) is 10.2. The van der Waals surface area contributed by atoms with Gasteiger partial charge in [-0.3, -0.25) is 4.79 Å². The van der Waals surface area contributed by atoms with Gasteiger partial charge in [-0.25, -0.2) is 0 Å². The van der Waals surface area contributed by atoms with E-state index in [0.717, 1.165) is 25.8 Å². The summed E-state index contributed by atoms with van der Waals surface area (Å²) in [5, 5.41) is 6.34. The van der Waals surface area contributed by atoms with Crippen molar-refractivity contribution in [2.24, 2.45) is 5.92 Å². The summed E-state index contributed by atoms with van der Waals surface area (Å²) in [6, 6.07) is 0.528. The highest BCUT2D eigenvalue weighted by molar-refractivity contribution is 5.81. The van der Waals surface area contributed by atoms with Crippen LogP contribution in [0.1, 0.15) is 46.5 Å². The Morgan fingerprint density at radius 3 is 2.80 bits per heavy atom. The second-order valence-electron chi connectivity index (χ2n) is 5.02. The number of piperidine rings is 1. The molecular formula is C12H24N2O. The largest absolute Gasteiger partial charge is 0.355 e. The minimum atomic E-state index is 0.0425. The maximum absolute atomic E-state index is 11.8. The van der Waals surface area contributed by atoms with Crippen LogP contribution in [0.2, 0.25) is 0 Å². The zero-order valence-electron chi connectivity index (χ0n) is 10.2. The summed E-state index contributed by atoms with van der Waals surface area (Å²) in [5.74, 6) is 0.839. The monoisotopic (exact) mass is 212 g/mol. The van der Waals surface area contributed by atoms with Crippen molar-refractivity contribution in [3.8, 4) is 0 Å². The van der Waals surface area contributed by atoms with E-state index in [2.05, 4.69) is 31.4 Å². The highest BCUT2D eigenvalue weighted by Gasteiger charge is 2.23. The summed E-state index contributed by atoms with van der Waals surface area (Å²) in [7, 11) is 0. The lowest BCUT2D eigenvalue weighted by Crippen LogP contribution is -2.50. The minimum Gasteiger partial charge on any atom is -0.355 e. The fourth-order valence-electron chi connectivity index (χ4n) is 1.95. The lowest BCUT2D eigenvalue weighted by Gasteiger charge is -2.27. The van der Waals surface area contributed by atoms with Crippen LogP contribution in [-0.4, -0.2) is 24.5 Å². The number of carbonyl (C=O) groups is 1. The van der Waals surface area contributed by atoms with Crippen LogP contribution >= 0.6 is 0 Å². The summed E-state index contributed by atoms with van der Waals surface area (Å²) in [6.45, 7) is 7.30. The molecule has 2 unspecified atom stereocenters. The van der Waals surface area contributed by atoms with Crippen LogP contribution in [0.4, 0.5) is 0 Å². The summed E-state index contributed by atoms with van der Waals surface area (Å²) < 4.78 is 0. The third kappa shape index (κ3) is 4.65. The molecular weight excluding hydrogens is 188 g/mol. The highest BCUT2D eigenvalue weighted by Crippen LogP contribution is 2.12. The van der Waals surface area contributed by atoms with Crippen LogP contribution in [0.3, 0.4) is 0 Å². The van der Waals surface area contributed by atoms with Gasteiger partial charge in [0.2, 0.25) is 5.91 Å². The molecule has 0 aliphatic carbocycles. The predicted molar refractivity (Wildman–Crippen MR) is 62.7 cm³/mol. The van der Waals surface area contributed by atoms with Crippen LogP contribution in [0.25, 0.3) is 0 Å². The highest BCUT2D eigenvalue weighted by atomic mass is 16.2. The molecule has 0 spiro atoms. The molecule has 1 amide bonds. The van der Waals surface area contributed by atoms with Gasteiger partial charge in [0.25, 0.3) is 0 Å². The van der Waals surface area contributed by atoms with E-state index in [1.165, 1.54) is 6.42 Å². The number of rotatable bonds is 4. The number of nitrogens with one attached hydrogen (secondary N) is 2. The molecule has 0 aromatic carbocycles. The Bertz CT molecular complexity index is 204. The average Bonchev–Trinajstić information content (AvgIpc) is 2.17. The fraction of sp³-hybridized carbons (Fsp3) is 0.917. The topological polar surface area (TPSA) is 41.1 Å². The van der Waals surface area contributed by atoms with Gasteiger partial charge in [0.1, 0.15) is 0 Å². The van der Waals surface area contributed by atoms with Crippen molar-refractivity contribution in [2.75, 3.05) is 6.54 Å². The van der Waals surface area contributed by atoms with E-state index < -0.39 is 0 Å². The van der Waals surface area contributed by atoms with Crippen molar-refractivity contribution in [1.29, 1.82) is 0 Å². The van der Waals surface area contributed by atoms with Gasteiger partial charge in [0, 0.05) is 12.6 Å². The Morgan fingerprint density at radius 1 is 1.47 bits per heavy atom. The van der Waals surface area contributed by atoms with Gasteiger partial charge in [-0.05, 0) is 38.5 Å². The van der Waals surface area contributed by atoms with Gasteiger partial charge in [-0.2, -0.15) is 0 Å². The molecule has 3 heteroatoms. The summed E-state index contributed by atoms with van der Waals surface area (Å²) in [6.07, 6.45) is 4.40. The zero-order chi connectivity index (χ0) is 11.3. The Balaban J connectivity index is 2.21. The average molecular weight is 212 g/mol. The van der Waals surface area contributed by atoms with E-state index in [9.17, 15) is 4.79 Å². The lowest BCUT2D eigenvalue weighted by molar-refractivity contribution is -0.124. The van der Waals surface area contributed by atoms with Gasteiger partial charge in [0.15, 0.2) is 0 Å². The molecule has 0 radical (unpaired) electrons. The molecule has 1 saturated heterocycles. The second-order valence-corrected chi connectivity index (χ2v) is 5.02. The first-order valence-corrected chi connectivity index (χ1v) is 6.13. The van der Waals surface area contributed by atoms with E-state index in [-0.39, 0.29) is 11.9 Å². The van der Waals surface area contributed by atoms with Crippen LogP contribution in [-0.2, 0) is 4.79 Å². The van der Waals surface area contributed by atoms with Crippen molar-refractivity contribution >= 4 is 5.91 Å². The first kappa shape index (κ1) is 12.5. The van der Waals surface area contributed by atoms with Crippen LogP contribution in [0.5, 0.6) is 0 Å². The molecule has 3 nitrogen and oxygen atoms in total. The van der Waals surface area contributed by atoms with Crippen molar-refractivity contribution < 1.29 is 4.79 Å². The smallest absolute Gasteiger partial charge is 0.237 e. The minimum absolute atomic E-state index is 0.0425. The molecule has 1 aliphatic rings. The third-order valence-electron chi connectivity index (χ3n) is 2.95. The maximum atomic E-state index is 11.8. The van der Waals surface area contributed by atoms with Gasteiger partial charge in [-0.15, -0.1) is 0 Å². The standard InChI is InChI=1S/C12H24N2O/c1-9(2)7-8-13-12(15)11-6-4-5-10(3)14-11/h9-11,14H,4-8H2,1-3H3,(H,13,15). The number of hydrogen-bond acceptors (Lipinski definition) is 2. The normalized spacial score (nSPS) is 26.7. The number of amides is 1. The molecule has 2 atom stereocenters. The van der Waals surface area contributed by atoms with Crippen LogP contribution < -0.4 is 10.6 Å². The first-order valence-electron chi connectivity index (χ1n) is 6.13. The second kappa shape index (κ2) is 6.11. The molecule has 1 aliphatic heterocycles. The Hall–Kier alpha value is -0.570. The third-order valence-corrected chi connectivity index (χ3v) is 2.95. The van der Waals surface area contributed by atoms with Crippen LogP contribution in [0, 0.1) is 5.92 Å². The van der Waals surface area contributed by atoms with Crippen molar-refractivity contribution in [3.63, 3.8) is 0 Å². The molecule has 1 heterocycles. The van der Waals surface area contributed by atoms with Crippen molar-refractivity contribution in [1.82, 2.24) is 10.6 Å². The molecule has 1 rings (SSSR count). The van der Waals surface area contributed by atoms with E-state index in [1.807, 2.05) is 0 Å². The first-order chi connectivity index (χ1) is 7.09. The van der Waals surface area contributed by atoms with Gasteiger partial charge in [0.05, 0.1) is 6.04 Å². The quantitative estimate of drug-likeness (QED) is 0.744. The van der Waals surface area contributed by atoms with Crippen molar-refractivity contribution in [3.05, 3.63) is 0 Å². The Morgan fingerprint density at radius 2 is 2.20 bits per heavy atom. The van der Waals surface area contributed by atoms with E-state index >= 15 is 0 Å². The number of hydrogen-bond donors (Lipinski definition) is 2. The van der Waals surface area contributed by atoms with Gasteiger partial charge >= 0.3 is 0 Å². The molecule has 0 aromatic heterocycles. The van der Waals surface area contributed by atoms with Gasteiger partial charge in [-0.1, -0.05) is 13.8 Å². The molecule has 88 valence electrons. The molecule has 15 heavy (non-hydrogen) atoms. The molecule has 2 N–H and O–H groups in total. The van der Waals surface area contributed by atoms with Crippen molar-refractivity contribution in [2.45, 2.75) is 58.5 Å². The SMILES string of the molecule is CC(C)CCNC(=O)C1CCCC(C)N1. The Kier molecular flexibility index (Phi) is 5.09. The van der Waals surface area contributed by atoms with Crippen LogP contribution in [0.15, 0.2) is 0 Å². The summed E-state index contributed by atoms with van der Waals surface area (Å²) in [5.41, 5.74) is 0. The van der Waals surface area contributed by atoms with Gasteiger partial charge < -0.3 is 10.6 Å². The summed E-state index contributed by atoms with van der Waals surface area (Å²) in [4.78, 5) is 11.8. The van der Waals surface area contributed by atoms with E-state index in [4.69, 9.17) is 0 Å². The molecule has 0 bridgehead atoms. The summed E-state index contributed by atoms with van der Waals surface area (Å²) >= 11 is 0. The lowest BCUT2D eigenvalue weighted by atomic mass is 9.99. The Labute approximate surface area is 93.0 Å². The maximum Gasteiger partial charge on any atom is 0.237 e. The predicted octanol–water partition coefficient (Wildman–Crippen LogP) is 1.68. The number of carbonyl (C=O) groups excluding carboxylic acids is 1. The molecule has 0 saturated carbocycles. The molecule has 0 aromatic rings. The molecule has 1 fully saturated rings. The fourth-order valence-corrected chi connectivity index (χ4v) is 1.95. The van der Waals surface area contributed by atoms with E-state index in [0.29, 0.717) is 12.0 Å².